The minimum atomic E-state index is -1.03. The fourth-order valence-corrected chi connectivity index (χ4v) is 2.80. The number of hydrogen-bond donors (Lipinski definition) is 2. The quantitative estimate of drug-likeness (QED) is 0.767. The van der Waals surface area contributed by atoms with Crippen LogP contribution in [0.2, 0.25) is 0 Å². The Morgan fingerprint density at radius 2 is 2.00 bits per heavy atom. The Hall–Kier alpha value is -2.44. The third kappa shape index (κ3) is 4.35. The van der Waals surface area contributed by atoms with E-state index >= 15 is 0 Å². The van der Waals surface area contributed by atoms with Crippen LogP contribution in [0.3, 0.4) is 0 Å². The summed E-state index contributed by atoms with van der Waals surface area (Å²) in [7, 11) is 0. The summed E-state index contributed by atoms with van der Waals surface area (Å²) < 4.78 is 15.5. The molecule has 0 aliphatic carbocycles. The first kappa shape index (κ1) is 18.9. The monoisotopic (exact) mass is 348 g/mol. The molecule has 0 radical (unpaired) electrons. The van der Waals surface area contributed by atoms with Crippen molar-refractivity contribution in [3.05, 3.63) is 30.0 Å². The van der Waals surface area contributed by atoms with E-state index < -0.39 is 24.0 Å². The van der Waals surface area contributed by atoms with Gasteiger partial charge < -0.3 is 11.1 Å². The fourth-order valence-electron chi connectivity index (χ4n) is 2.80. The van der Waals surface area contributed by atoms with Gasteiger partial charge in [-0.3, -0.25) is 14.3 Å². The van der Waals surface area contributed by atoms with Gasteiger partial charge >= 0.3 is 0 Å². The molecule has 0 saturated carbocycles. The van der Waals surface area contributed by atoms with Crippen LogP contribution in [0.25, 0.3) is 10.9 Å². The van der Waals surface area contributed by atoms with Crippen molar-refractivity contribution in [2.45, 2.75) is 52.4 Å². The van der Waals surface area contributed by atoms with Gasteiger partial charge in [-0.15, -0.1) is 0 Å². The Labute approximate surface area is 146 Å². The largest absolute Gasteiger partial charge is 0.368 e. The zero-order chi connectivity index (χ0) is 18.6. The Morgan fingerprint density at radius 1 is 1.32 bits per heavy atom. The predicted octanol–water partition coefficient (Wildman–Crippen LogP) is 2.41. The van der Waals surface area contributed by atoms with Crippen molar-refractivity contribution in [1.82, 2.24) is 15.1 Å². The highest BCUT2D eigenvalue weighted by molar-refractivity contribution is 6.06. The minimum Gasteiger partial charge on any atom is -0.368 e. The van der Waals surface area contributed by atoms with Gasteiger partial charge in [-0.2, -0.15) is 5.10 Å². The number of halogens is 1. The smallest absolute Gasteiger partial charge is 0.273 e. The molecule has 6 nitrogen and oxygen atoms in total. The number of nitrogens with one attached hydrogen (secondary N) is 1. The summed E-state index contributed by atoms with van der Waals surface area (Å²) in [6.45, 7) is 5.60. The number of hydrogen-bond acceptors (Lipinski definition) is 3. The number of nitrogens with two attached hydrogens (primary N) is 1. The van der Waals surface area contributed by atoms with Crippen molar-refractivity contribution >= 4 is 22.7 Å². The highest BCUT2D eigenvalue weighted by Gasteiger charge is 2.25. The lowest BCUT2D eigenvalue weighted by atomic mass is 10.0. The van der Waals surface area contributed by atoms with Crippen molar-refractivity contribution in [3.8, 4) is 0 Å². The van der Waals surface area contributed by atoms with Crippen LogP contribution < -0.4 is 11.1 Å². The van der Waals surface area contributed by atoms with Crippen molar-refractivity contribution < 1.29 is 14.0 Å². The van der Waals surface area contributed by atoms with Crippen LogP contribution in [0.1, 0.15) is 44.1 Å². The average Bonchev–Trinajstić information content (AvgIpc) is 2.91. The number of para-hydroxylation sites is 1. The number of rotatable bonds is 8. The van der Waals surface area contributed by atoms with E-state index in [4.69, 9.17) is 5.73 Å². The van der Waals surface area contributed by atoms with Crippen molar-refractivity contribution in [2.75, 3.05) is 0 Å². The molecule has 0 spiro atoms. The van der Waals surface area contributed by atoms with Crippen LogP contribution in [-0.4, -0.2) is 33.8 Å². The Kier molecular flexibility index (Phi) is 6.12. The normalized spacial score (nSPS) is 13.8. The summed E-state index contributed by atoms with van der Waals surface area (Å²) in [4.78, 5) is 24.1. The Morgan fingerprint density at radius 3 is 2.60 bits per heavy atom. The van der Waals surface area contributed by atoms with Gasteiger partial charge in [0.2, 0.25) is 5.91 Å². The molecule has 0 unspecified atom stereocenters. The van der Waals surface area contributed by atoms with Gasteiger partial charge in [0.25, 0.3) is 5.91 Å². The van der Waals surface area contributed by atoms with Gasteiger partial charge in [0, 0.05) is 5.39 Å². The molecule has 136 valence electrons. The molecular weight excluding hydrogens is 323 g/mol. The SMILES string of the molecule is CCC[C@@H](F)Cn1nc(C(=O)N[C@H](C(N)=O)C(C)C)c2ccccc21. The summed E-state index contributed by atoms with van der Waals surface area (Å²) in [6, 6.07) is 6.38. The molecule has 1 aromatic heterocycles. The zero-order valence-electron chi connectivity index (χ0n) is 14.8. The molecule has 1 heterocycles. The maximum absolute atomic E-state index is 14.0. The molecule has 0 bridgehead atoms. The first-order chi connectivity index (χ1) is 11.8. The van der Waals surface area contributed by atoms with E-state index in [0.717, 1.165) is 6.42 Å². The van der Waals surface area contributed by atoms with E-state index in [1.54, 1.807) is 32.0 Å². The van der Waals surface area contributed by atoms with Gasteiger partial charge in [-0.05, 0) is 18.4 Å². The van der Waals surface area contributed by atoms with Gasteiger partial charge in [-0.25, -0.2) is 4.39 Å². The second kappa shape index (κ2) is 8.09. The van der Waals surface area contributed by atoms with E-state index in [1.165, 1.54) is 4.68 Å². The van der Waals surface area contributed by atoms with Crippen molar-refractivity contribution in [3.63, 3.8) is 0 Å². The number of carbonyl (C=O) groups excluding carboxylic acids is 2. The molecule has 0 aliphatic heterocycles. The lowest BCUT2D eigenvalue weighted by Gasteiger charge is -2.18. The molecule has 7 heteroatoms. The number of nitrogens with zero attached hydrogens (tertiary/aromatic N) is 2. The molecule has 0 aliphatic rings. The molecule has 0 saturated heterocycles. The summed E-state index contributed by atoms with van der Waals surface area (Å²) in [5.41, 5.74) is 6.21. The summed E-state index contributed by atoms with van der Waals surface area (Å²) in [5.74, 6) is -1.23. The number of benzene rings is 1. The molecule has 2 rings (SSSR count). The van der Waals surface area contributed by atoms with Crippen molar-refractivity contribution in [2.24, 2.45) is 11.7 Å². The van der Waals surface area contributed by atoms with E-state index in [1.807, 2.05) is 13.0 Å². The first-order valence-electron chi connectivity index (χ1n) is 8.54. The second-order valence-corrected chi connectivity index (χ2v) is 6.53. The maximum Gasteiger partial charge on any atom is 0.273 e. The molecule has 0 fully saturated rings. The van der Waals surface area contributed by atoms with Crippen LogP contribution in [0.15, 0.2) is 24.3 Å². The van der Waals surface area contributed by atoms with E-state index in [9.17, 15) is 14.0 Å². The third-order valence-electron chi connectivity index (χ3n) is 4.11. The lowest BCUT2D eigenvalue weighted by molar-refractivity contribution is -0.120. The maximum atomic E-state index is 14.0. The number of alkyl halides is 1. The molecular formula is C18H25FN4O2. The third-order valence-corrected chi connectivity index (χ3v) is 4.11. The highest BCUT2D eigenvalue weighted by atomic mass is 19.1. The van der Waals surface area contributed by atoms with Crippen molar-refractivity contribution in [1.29, 1.82) is 0 Å². The van der Waals surface area contributed by atoms with Gasteiger partial charge in [0.15, 0.2) is 5.69 Å². The van der Waals surface area contributed by atoms with Crippen LogP contribution in [0, 0.1) is 5.92 Å². The van der Waals surface area contributed by atoms with Gasteiger partial charge in [-0.1, -0.05) is 45.4 Å². The number of amides is 2. The topological polar surface area (TPSA) is 90.0 Å². The molecule has 2 amide bonds. The second-order valence-electron chi connectivity index (χ2n) is 6.53. The van der Waals surface area contributed by atoms with Gasteiger partial charge in [0.1, 0.15) is 12.2 Å². The highest BCUT2D eigenvalue weighted by Crippen LogP contribution is 2.20. The van der Waals surface area contributed by atoms with E-state index in [-0.39, 0.29) is 18.2 Å². The average molecular weight is 348 g/mol. The number of primary amides is 1. The predicted molar refractivity (Wildman–Crippen MR) is 94.8 cm³/mol. The molecule has 2 atom stereocenters. The van der Waals surface area contributed by atoms with E-state index in [2.05, 4.69) is 10.4 Å². The minimum absolute atomic E-state index is 0.0884. The number of fused-ring (bicyclic) bond motifs is 1. The summed E-state index contributed by atoms with van der Waals surface area (Å²) >= 11 is 0. The van der Waals surface area contributed by atoms with Crippen LogP contribution >= 0.6 is 0 Å². The zero-order valence-corrected chi connectivity index (χ0v) is 14.8. The lowest BCUT2D eigenvalue weighted by Crippen LogP contribution is -2.47. The molecule has 3 N–H and O–H groups in total. The molecule has 2 aromatic rings. The van der Waals surface area contributed by atoms with Crippen LogP contribution in [0.4, 0.5) is 4.39 Å². The molecule has 25 heavy (non-hydrogen) atoms. The van der Waals surface area contributed by atoms with Crippen LogP contribution in [0.5, 0.6) is 0 Å². The van der Waals surface area contributed by atoms with E-state index in [0.29, 0.717) is 17.3 Å². The molecule has 1 aromatic carbocycles. The Bertz CT molecular complexity index is 757. The van der Waals surface area contributed by atoms with Crippen LogP contribution in [-0.2, 0) is 11.3 Å². The standard InChI is InChI=1S/C18H25FN4O2/c1-4-7-12(19)10-23-14-9-6-5-8-13(14)16(22-23)18(25)21-15(11(2)3)17(20)24/h5-6,8-9,11-12,15H,4,7,10H2,1-3H3,(H2,20,24)(H,21,25)/t12-,15+/m1/s1. The summed E-state index contributed by atoms with van der Waals surface area (Å²) in [6.07, 6.45) is 0.146. The number of aromatic nitrogens is 2. The fraction of sp³-hybridized carbons (Fsp3) is 0.500. The summed E-state index contributed by atoms with van der Waals surface area (Å²) in [5, 5.41) is 7.55. The number of carbonyl (C=O) groups is 2. The first-order valence-corrected chi connectivity index (χ1v) is 8.54. The van der Waals surface area contributed by atoms with Gasteiger partial charge in [0.05, 0.1) is 12.1 Å². The Balaban J connectivity index is 2.34.